The minimum Gasteiger partial charge on any atom is -0.289 e. The molecule has 0 unspecified atom stereocenters. The van der Waals surface area contributed by atoms with Gasteiger partial charge in [0.25, 0.3) is 0 Å². The average molecular weight is 443 g/mol. The molecular formula is C31H26N2O. The molecule has 3 aromatic rings. The topological polar surface area (TPSA) is 41.8 Å². The second-order valence-corrected chi connectivity index (χ2v) is 7.94. The van der Waals surface area contributed by atoms with Gasteiger partial charge in [0.05, 0.1) is 11.9 Å². The molecule has 34 heavy (non-hydrogen) atoms. The number of hydrogen-bond acceptors (Lipinski definition) is 3. The lowest BCUT2D eigenvalue weighted by Gasteiger charge is -2.16. The predicted molar refractivity (Wildman–Crippen MR) is 141 cm³/mol. The van der Waals surface area contributed by atoms with E-state index in [9.17, 15) is 4.79 Å². The normalized spacial score (nSPS) is 15.8. The van der Waals surface area contributed by atoms with E-state index in [4.69, 9.17) is 0 Å². The molecule has 4 rings (SSSR count). The molecule has 3 nitrogen and oxygen atoms in total. The van der Waals surface area contributed by atoms with E-state index >= 15 is 0 Å². The molecule has 3 aromatic carbocycles. The van der Waals surface area contributed by atoms with E-state index in [-0.39, 0.29) is 5.78 Å². The number of Topliss-reactive ketones (excluding diaryl/α,β-unsaturated/α-hetero) is 1. The van der Waals surface area contributed by atoms with Gasteiger partial charge in [-0.25, -0.2) is 0 Å². The lowest BCUT2D eigenvalue weighted by atomic mass is 9.86. The van der Waals surface area contributed by atoms with E-state index in [2.05, 4.69) is 22.4 Å². The van der Waals surface area contributed by atoms with Crippen molar-refractivity contribution < 1.29 is 4.79 Å². The van der Waals surface area contributed by atoms with Crippen molar-refractivity contribution in [1.82, 2.24) is 0 Å². The third kappa shape index (κ3) is 5.51. The van der Waals surface area contributed by atoms with Crippen LogP contribution in [0, 0.1) is 0 Å². The molecule has 0 saturated carbocycles. The monoisotopic (exact) mass is 442 g/mol. The number of rotatable bonds is 6. The summed E-state index contributed by atoms with van der Waals surface area (Å²) in [5.41, 5.74) is 7.00. The van der Waals surface area contributed by atoms with E-state index in [0.29, 0.717) is 11.1 Å². The van der Waals surface area contributed by atoms with Gasteiger partial charge in [-0.1, -0.05) is 91.0 Å². The molecule has 0 spiro atoms. The van der Waals surface area contributed by atoms with Crippen LogP contribution in [0.5, 0.6) is 0 Å². The Morgan fingerprint density at radius 3 is 2.03 bits per heavy atom. The first kappa shape index (κ1) is 22.8. The first-order valence-electron chi connectivity index (χ1n) is 11.3. The van der Waals surface area contributed by atoms with Crippen LogP contribution >= 0.6 is 0 Å². The van der Waals surface area contributed by atoms with Gasteiger partial charge in [-0.05, 0) is 66.0 Å². The zero-order valence-corrected chi connectivity index (χ0v) is 19.3. The first-order chi connectivity index (χ1) is 16.7. The standard InChI is InChI=1S/C31H26N2O/c1-3-4-11-23(2)29-20-24(21-30(31(29)34)27-14-9-6-10-15-27)22-32-33-28-18-16-26(17-19-28)25-12-7-5-8-13-25/h3-22H,1-2H3/b4-3-,23-11+,24-22-,33-32?. The smallest absolute Gasteiger partial charge is 0.193 e. The molecule has 1 aliphatic rings. The average Bonchev–Trinajstić information content (AvgIpc) is 2.89. The highest BCUT2D eigenvalue weighted by atomic mass is 16.1. The number of allylic oxidation sites excluding steroid dienone is 9. The Labute approximate surface area is 200 Å². The van der Waals surface area contributed by atoms with Crippen LogP contribution in [0.25, 0.3) is 16.7 Å². The van der Waals surface area contributed by atoms with Crippen molar-refractivity contribution in [3.05, 3.63) is 144 Å². The minimum atomic E-state index is 0.00930. The van der Waals surface area contributed by atoms with Crippen LogP contribution in [0.1, 0.15) is 19.4 Å². The Morgan fingerprint density at radius 2 is 1.38 bits per heavy atom. The fourth-order valence-corrected chi connectivity index (χ4v) is 3.69. The van der Waals surface area contributed by atoms with Crippen molar-refractivity contribution in [2.45, 2.75) is 13.8 Å². The lowest BCUT2D eigenvalue weighted by molar-refractivity contribution is -0.110. The largest absolute Gasteiger partial charge is 0.289 e. The van der Waals surface area contributed by atoms with Gasteiger partial charge < -0.3 is 0 Å². The number of hydrogen-bond donors (Lipinski definition) is 0. The van der Waals surface area contributed by atoms with Gasteiger partial charge in [-0.15, -0.1) is 0 Å². The predicted octanol–water partition coefficient (Wildman–Crippen LogP) is 8.44. The maximum absolute atomic E-state index is 13.2. The van der Waals surface area contributed by atoms with Gasteiger partial charge in [0.1, 0.15) is 0 Å². The maximum Gasteiger partial charge on any atom is 0.193 e. The molecule has 0 amide bonds. The summed E-state index contributed by atoms with van der Waals surface area (Å²) in [6, 6.07) is 27.9. The molecule has 3 heteroatoms. The SMILES string of the molecule is C/C=C\C=C(/C)C1=C/C(=C/N=Nc2ccc(-c3ccccc3)cc2)C=C(c2ccccc2)C1=O. The summed E-state index contributed by atoms with van der Waals surface area (Å²) in [7, 11) is 0. The number of carbonyl (C=O) groups is 1. The summed E-state index contributed by atoms with van der Waals surface area (Å²) in [6.45, 7) is 3.90. The molecular weight excluding hydrogens is 416 g/mol. The Bertz CT molecular complexity index is 1340. The fraction of sp³-hybridized carbons (Fsp3) is 0.0645. The maximum atomic E-state index is 13.2. The number of nitrogens with zero attached hydrogens (tertiary/aromatic N) is 2. The van der Waals surface area contributed by atoms with E-state index in [1.807, 2.05) is 117 Å². The van der Waals surface area contributed by atoms with Crippen LogP contribution in [-0.4, -0.2) is 5.78 Å². The van der Waals surface area contributed by atoms with E-state index < -0.39 is 0 Å². The number of benzene rings is 3. The van der Waals surface area contributed by atoms with Gasteiger partial charge in [-0.3, -0.25) is 4.79 Å². The van der Waals surface area contributed by atoms with E-state index in [0.717, 1.165) is 33.5 Å². The molecule has 0 heterocycles. The molecule has 0 aliphatic heterocycles. The molecule has 0 fully saturated rings. The zero-order chi connectivity index (χ0) is 23.8. The van der Waals surface area contributed by atoms with Crippen LogP contribution in [0.2, 0.25) is 0 Å². The van der Waals surface area contributed by atoms with Crippen LogP contribution in [0.3, 0.4) is 0 Å². The molecule has 0 radical (unpaired) electrons. The number of azo groups is 1. The summed E-state index contributed by atoms with van der Waals surface area (Å²) in [4.78, 5) is 13.2. The van der Waals surface area contributed by atoms with Crippen molar-refractivity contribution in [2.75, 3.05) is 0 Å². The van der Waals surface area contributed by atoms with Crippen LogP contribution in [-0.2, 0) is 4.79 Å². The highest BCUT2D eigenvalue weighted by molar-refractivity contribution is 6.31. The summed E-state index contributed by atoms with van der Waals surface area (Å²) in [6.07, 6.45) is 11.3. The molecule has 0 atom stereocenters. The second-order valence-electron chi connectivity index (χ2n) is 7.94. The Kier molecular flexibility index (Phi) is 7.36. The van der Waals surface area contributed by atoms with E-state index in [1.54, 1.807) is 6.20 Å². The van der Waals surface area contributed by atoms with Crippen molar-refractivity contribution in [3.63, 3.8) is 0 Å². The van der Waals surface area contributed by atoms with Crippen LogP contribution in [0.4, 0.5) is 5.69 Å². The van der Waals surface area contributed by atoms with E-state index in [1.165, 1.54) is 0 Å². The zero-order valence-electron chi connectivity index (χ0n) is 19.3. The quantitative estimate of drug-likeness (QED) is 0.279. The molecule has 0 saturated heterocycles. The molecule has 0 N–H and O–H groups in total. The molecule has 0 aromatic heterocycles. The van der Waals surface area contributed by atoms with Gasteiger partial charge >= 0.3 is 0 Å². The number of ketones is 1. The number of carbonyl (C=O) groups excluding carboxylic acids is 1. The Morgan fingerprint density at radius 1 is 0.765 bits per heavy atom. The summed E-state index contributed by atoms with van der Waals surface area (Å²) >= 11 is 0. The molecule has 0 bridgehead atoms. The van der Waals surface area contributed by atoms with Crippen LogP contribution < -0.4 is 0 Å². The van der Waals surface area contributed by atoms with Crippen molar-refractivity contribution in [2.24, 2.45) is 10.2 Å². The molecule has 1 aliphatic carbocycles. The highest BCUT2D eigenvalue weighted by Crippen LogP contribution is 2.30. The van der Waals surface area contributed by atoms with Gasteiger partial charge in [-0.2, -0.15) is 10.2 Å². The summed E-state index contributed by atoms with van der Waals surface area (Å²) in [5, 5.41) is 8.66. The third-order valence-corrected chi connectivity index (χ3v) is 5.51. The van der Waals surface area contributed by atoms with Gasteiger partial charge in [0.15, 0.2) is 5.78 Å². The van der Waals surface area contributed by atoms with Crippen molar-refractivity contribution in [3.8, 4) is 11.1 Å². The van der Waals surface area contributed by atoms with Crippen LogP contribution in [0.15, 0.2) is 148 Å². The highest BCUT2D eigenvalue weighted by Gasteiger charge is 2.22. The van der Waals surface area contributed by atoms with Crippen molar-refractivity contribution in [1.29, 1.82) is 0 Å². The third-order valence-electron chi connectivity index (χ3n) is 5.51. The van der Waals surface area contributed by atoms with Crippen molar-refractivity contribution >= 4 is 17.0 Å². The summed E-state index contributed by atoms with van der Waals surface area (Å²) < 4.78 is 0. The Hall–Kier alpha value is -4.37. The molecule has 166 valence electrons. The lowest BCUT2D eigenvalue weighted by Crippen LogP contribution is -2.11. The second kappa shape index (κ2) is 11.0. The fourth-order valence-electron chi connectivity index (χ4n) is 3.69. The first-order valence-corrected chi connectivity index (χ1v) is 11.3. The Balaban J connectivity index is 1.63. The van der Waals surface area contributed by atoms with Gasteiger partial charge in [0, 0.05) is 11.1 Å². The minimum absolute atomic E-state index is 0.00930. The summed E-state index contributed by atoms with van der Waals surface area (Å²) in [5.74, 6) is 0.00930. The van der Waals surface area contributed by atoms with Gasteiger partial charge in [0.2, 0.25) is 0 Å².